The minimum atomic E-state index is -0.246. The number of aromatic amines is 1. The Hall–Kier alpha value is -2.67. The molecule has 0 aliphatic heterocycles. The summed E-state index contributed by atoms with van der Waals surface area (Å²) >= 11 is 5.11. The number of anilines is 1. The number of rotatable bonds is 2. The molecule has 0 saturated heterocycles. The molecule has 7 heteroatoms. The van der Waals surface area contributed by atoms with Crippen molar-refractivity contribution in [3.05, 3.63) is 48.3 Å². The normalized spacial score (nSPS) is 10.5. The second kappa shape index (κ2) is 5.37. The Morgan fingerprint density at radius 2 is 2.14 bits per heavy atom. The molecule has 0 spiro atoms. The predicted octanol–water partition coefficient (Wildman–Crippen LogP) is 2.03. The van der Waals surface area contributed by atoms with E-state index in [9.17, 15) is 4.79 Å². The minimum Gasteiger partial charge on any atom is -0.350 e. The minimum absolute atomic E-state index is 0.220. The molecule has 21 heavy (non-hydrogen) atoms. The number of benzene rings is 1. The first-order valence-corrected chi connectivity index (χ1v) is 6.72. The Morgan fingerprint density at radius 3 is 2.90 bits per heavy atom. The van der Waals surface area contributed by atoms with Gasteiger partial charge in [-0.1, -0.05) is 18.2 Å². The smallest absolute Gasteiger partial charge is 0.259 e. The molecule has 0 aliphatic rings. The highest BCUT2D eigenvalue weighted by molar-refractivity contribution is 7.80. The van der Waals surface area contributed by atoms with Gasteiger partial charge in [0.2, 0.25) is 0 Å². The van der Waals surface area contributed by atoms with Crippen molar-refractivity contribution in [2.75, 3.05) is 5.32 Å². The van der Waals surface area contributed by atoms with Crippen molar-refractivity contribution in [1.29, 1.82) is 0 Å². The molecule has 0 fully saturated rings. The molecule has 0 aliphatic carbocycles. The van der Waals surface area contributed by atoms with Gasteiger partial charge in [-0.15, -0.1) is 0 Å². The molecule has 1 aromatic carbocycles. The summed E-state index contributed by atoms with van der Waals surface area (Å²) < 4.78 is 1.91. The van der Waals surface area contributed by atoms with Crippen molar-refractivity contribution < 1.29 is 4.79 Å². The van der Waals surface area contributed by atoms with E-state index in [0.29, 0.717) is 11.4 Å². The van der Waals surface area contributed by atoms with Crippen molar-refractivity contribution >= 4 is 40.0 Å². The number of nitrogens with one attached hydrogen (secondary N) is 3. The number of hydrogen-bond acceptors (Lipinski definition) is 3. The summed E-state index contributed by atoms with van der Waals surface area (Å²) in [5.41, 5.74) is 1.58. The fourth-order valence-electron chi connectivity index (χ4n) is 2.17. The van der Waals surface area contributed by atoms with E-state index in [0.717, 1.165) is 10.9 Å². The van der Waals surface area contributed by atoms with Gasteiger partial charge in [-0.25, -0.2) is 0 Å². The van der Waals surface area contributed by atoms with E-state index in [1.807, 2.05) is 35.9 Å². The average Bonchev–Trinajstić information content (AvgIpc) is 3.07. The van der Waals surface area contributed by atoms with Gasteiger partial charge in [0.25, 0.3) is 5.91 Å². The number of carbonyl (C=O) groups is 1. The number of aryl methyl sites for hydroxylation is 1. The summed E-state index contributed by atoms with van der Waals surface area (Å²) in [4.78, 5) is 12.3. The molecule has 3 rings (SSSR count). The Morgan fingerprint density at radius 1 is 1.33 bits per heavy atom. The van der Waals surface area contributed by atoms with Crippen LogP contribution in [0.1, 0.15) is 10.4 Å². The highest BCUT2D eigenvalue weighted by Gasteiger charge is 2.14. The van der Waals surface area contributed by atoms with Crippen LogP contribution in [0.25, 0.3) is 10.9 Å². The number of aromatic nitrogens is 3. The Balaban J connectivity index is 1.79. The van der Waals surface area contributed by atoms with Gasteiger partial charge in [0.1, 0.15) is 5.82 Å². The molecule has 2 aromatic heterocycles. The number of amides is 1. The molecule has 3 aromatic rings. The lowest BCUT2D eigenvalue weighted by molar-refractivity contribution is 0.0979. The second-order valence-corrected chi connectivity index (χ2v) is 4.96. The third-order valence-electron chi connectivity index (χ3n) is 3.12. The van der Waals surface area contributed by atoms with Crippen molar-refractivity contribution in [1.82, 2.24) is 20.1 Å². The van der Waals surface area contributed by atoms with Crippen LogP contribution in [-0.2, 0) is 7.05 Å². The first-order chi connectivity index (χ1) is 10.1. The lowest BCUT2D eigenvalue weighted by Gasteiger charge is -2.06. The molecule has 1 amide bonds. The van der Waals surface area contributed by atoms with Gasteiger partial charge in [0, 0.05) is 30.2 Å². The van der Waals surface area contributed by atoms with E-state index < -0.39 is 0 Å². The number of thiocarbonyl (C=S) groups is 1. The van der Waals surface area contributed by atoms with Crippen LogP contribution in [0.5, 0.6) is 0 Å². The molecule has 6 nitrogen and oxygen atoms in total. The zero-order valence-electron chi connectivity index (χ0n) is 11.3. The molecule has 0 bridgehead atoms. The lowest BCUT2D eigenvalue weighted by atomic mass is 10.1. The zero-order valence-corrected chi connectivity index (χ0v) is 12.1. The van der Waals surface area contributed by atoms with Crippen LogP contribution in [0.3, 0.4) is 0 Å². The number of nitrogens with zero attached hydrogens (tertiary/aromatic N) is 2. The maximum Gasteiger partial charge on any atom is 0.259 e. The molecular weight excluding hydrogens is 286 g/mol. The van der Waals surface area contributed by atoms with E-state index >= 15 is 0 Å². The van der Waals surface area contributed by atoms with Crippen molar-refractivity contribution in [3.63, 3.8) is 0 Å². The van der Waals surface area contributed by atoms with Gasteiger partial charge in [0.05, 0.1) is 11.8 Å². The van der Waals surface area contributed by atoms with Crippen LogP contribution < -0.4 is 10.6 Å². The third kappa shape index (κ3) is 2.63. The van der Waals surface area contributed by atoms with E-state index in [4.69, 9.17) is 12.2 Å². The molecular formula is C14H13N5OS. The number of H-pyrrole nitrogens is 1. The molecule has 0 saturated carbocycles. The summed E-state index contributed by atoms with van der Waals surface area (Å²) in [6, 6.07) is 9.44. The summed E-state index contributed by atoms with van der Waals surface area (Å²) in [6.45, 7) is 0. The molecule has 106 valence electrons. The molecule has 0 atom stereocenters. The maximum atomic E-state index is 12.3. The van der Waals surface area contributed by atoms with Crippen LogP contribution >= 0.6 is 12.2 Å². The topological polar surface area (TPSA) is 74.7 Å². The van der Waals surface area contributed by atoms with Gasteiger partial charge >= 0.3 is 0 Å². The molecule has 0 radical (unpaired) electrons. The summed E-state index contributed by atoms with van der Waals surface area (Å²) in [5.74, 6) is 0.377. The standard InChI is InChI=1S/C14H13N5OS/c1-19-8-10(9-4-2-3-5-11(9)19)13(20)17-14(21)16-12-6-7-15-18-12/h2-8H,1H3,(H3,15,16,17,18,20,21). The van der Waals surface area contributed by atoms with Crippen LogP contribution in [0.4, 0.5) is 5.82 Å². The number of carbonyl (C=O) groups excluding carboxylic acids is 1. The van der Waals surface area contributed by atoms with Crippen molar-refractivity contribution in [2.24, 2.45) is 7.05 Å². The quantitative estimate of drug-likeness (QED) is 0.633. The van der Waals surface area contributed by atoms with Crippen molar-refractivity contribution in [2.45, 2.75) is 0 Å². The SMILES string of the molecule is Cn1cc(C(=O)NC(=S)Nc2ccn[nH]2)c2ccccc21. The van der Waals surface area contributed by atoms with E-state index in [1.165, 1.54) is 0 Å². The van der Waals surface area contributed by atoms with Gasteiger partial charge in [0.15, 0.2) is 5.11 Å². The third-order valence-corrected chi connectivity index (χ3v) is 3.32. The molecule has 3 N–H and O–H groups in total. The fourth-order valence-corrected chi connectivity index (χ4v) is 2.37. The van der Waals surface area contributed by atoms with E-state index in [-0.39, 0.29) is 11.0 Å². The number of para-hydroxylation sites is 1. The highest BCUT2D eigenvalue weighted by atomic mass is 32.1. The van der Waals surface area contributed by atoms with Crippen LogP contribution in [0.15, 0.2) is 42.7 Å². The Kier molecular flexibility index (Phi) is 3.41. The maximum absolute atomic E-state index is 12.3. The second-order valence-electron chi connectivity index (χ2n) is 4.55. The number of hydrogen-bond donors (Lipinski definition) is 3. The highest BCUT2D eigenvalue weighted by Crippen LogP contribution is 2.20. The predicted molar refractivity (Wildman–Crippen MR) is 85.2 cm³/mol. The summed E-state index contributed by atoms with van der Waals surface area (Å²) in [7, 11) is 1.90. The van der Waals surface area contributed by atoms with Crippen LogP contribution in [-0.4, -0.2) is 25.8 Å². The molecule has 0 unspecified atom stereocenters. The Bertz CT molecular complexity index is 806. The van der Waals surface area contributed by atoms with Gasteiger partial charge in [-0.3, -0.25) is 15.2 Å². The van der Waals surface area contributed by atoms with Gasteiger partial charge in [-0.2, -0.15) is 5.10 Å². The Labute approximate surface area is 126 Å². The largest absolute Gasteiger partial charge is 0.350 e. The monoisotopic (exact) mass is 299 g/mol. The van der Waals surface area contributed by atoms with E-state index in [2.05, 4.69) is 20.8 Å². The number of fused-ring (bicyclic) bond motifs is 1. The van der Waals surface area contributed by atoms with Crippen LogP contribution in [0, 0.1) is 0 Å². The van der Waals surface area contributed by atoms with Crippen molar-refractivity contribution in [3.8, 4) is 0 Å². The zero-order chi connectivity index (χ0) is 14.8. The summed E-state index contributed by atoms with van der Waals surface area (Å²) in [6.07, 6.45) is 3.39. The van der Waals surface area contributed by atoms with Gasteiger partial charge in [-0.05, 0) is 18.3 Å². The van der Waals surface area contributed by atoms with E-state index in [1.54, 1.807) is 18.5 Å². The average molecular weight is 299 g/mol. The first kappa shape index (κ1) is 13.3. The fraction of sp³-hybridized carbons (Fsp3) is 0.0714. The lowest BCUT2D eigenvalue weighted by Crippen LogP contribution is -2.34. The summed E-state index contributed by atoms with van der Waals surface area (Å²) in [5, 5.41) is 13.1. The van der Waals surface area contributed by atoms with Crippen LogP contribution in [0.2, 0.25) is 0 Å². The van der Waals surface area contributed by atoms with Gasteiger partial charge < -0.3 is 9.88 Å². The first-order valence-electron chi connectivity index (χ1n) is 6.31. The molecule has 2 heterocycles.